The minimum atomic E-state index is -3.88. The van der Waals surface area contributed by atoms with Crippen molar-refractivity contribution in [3.63, 3.8) is 0 Å². The van der Waals surface area contributed by atoms with Gasteiger partial charge in [0.05, 0.1) is 17.7 Å². The fraction of sp³-hybridized carbons (Fsp3) is 0.500. The Hall–Kier alpha value is -1.87. The molecule has 0 aliphatic heterocycles. The van der Waals surface area contributed by atoms with E-state index in [9.17, 15) is 8.42 Å². The molecule has 0 bridgehead atoms. The summed E-state index contributed by atoms with van der Waals surface area (Å²) in [4.78, 5) is 0.0826. The Balaban J connectivity index is 2.10. The Bertz CT molecular complexity index is 648. The summed E-state index contributed by atoms with van der Waals surface area (Å²) in [5.41, 5.74) is 0.660. The van der Waals surface area contributed by atoms with Gasteiger partial charge in [-0.15, -0.1) is 0 Å². The topological polar surface area (TPSA) is 79.5 Å². The van der Waals surface area contributed by atoms with Crippen molar-refractivity contribution in [3.8, 4) is 6.07 Å². The van der Waals surface area contributed by atoms with E-state index >= 15 is 0 Å². The highest BCUT2D eigenvalue weighted by Gasteiger charge is 2.18. The third kappa shape index (κ3) is 4.85. The standard InChI is InChI=1S/C16H20N2O3S/c17-13-14-8-4-1-2-5-9-15(12-14)18-21-22(19,20)16-10-6-3-7-11-16/h3,6-7,10-11,14H,1-2,4-5,8-9,12H2/b18-15+. The Labute approximate surface area is 131 Å². The van der Waals surface area contributed by atoms with Crippen LogP contribution in [-0.2, 0) is 14.4 Å². The summed E-state index contributed by atoms with van der Waals surface area (Å²) < 4.78 is 28.9. The number of hydrogen-bond donors (Lipinski definition) is 0. The van der Waals surface area contributed by atoms with Gasteiger partial charge in [0.15, 0.2) is 0 Å². The lowest BCUT2D eigenvalue weighted by molar-refractivity contribution is 0.335. The van der Waals surface area contributed by atoms with Crippen LogP contribution in [0.2, 0.25) is 0 Å². The molecule has 1 unspecified atom stereocenters. The molecule has 0 N–H and O–H groups in total. The molecule has 1 aliphatic rings. The van der Waals surface area contributed by atoms with Crippen LogP contribution >= 0.6 is 0 Å². The lowest BCUT2D eigenvalue weighted by atomic mass is 9.98. The van der Waals surface area contributed by atoms with Gasteiger partial charge in [-0.05, 0) is 31.4 Å². The summed E-state index contributed by atoms with van der Waals surface area (Å²) in [6, 6.07) is 10.2. The van der Waals surface area contributed by atoms with Crippen molar-refractivity contribution in [2.24, 2.45) is 11.1 Å². The molecule has 6 heteroatoms. The van der Waals surface area contributed by atoms with Crippen LogP contribution in [0, 0.1) is 17.2 Å². The summed E-state index contributed by atoms with van der Waals surface area (Å²) in [6.45, 7) is 0. The van der Waals surface area contributed by atoms with Crippen LogP contribution in [0.4, 0.5) is 0 Å². The SMILES string of the molecule is N#CC1CCCCCC/C(=N\OS(=O)(=O)c2ccccc2)C1. The van der Waals surface area contributed by atoms with Gasteiger partial charge in [0.1, 0.15) is 4.90 Å². The minimum absolute atomic E-state index is 0.0826. The average Bonchev–Trinajstić information content (AvgIpc) is 2.65. The first-order valence-electron chi connectivity index (χ1n) is 7.56. The van der Waals surface area contributed by atoms with Gasteiger partial charge in [0, 0.05) is 6.42 Å². The van der Waals surface area contributed by atoms with E-state index in [4.69, 9.17) is 9.55 Å². The van der Waals surface area contributed by atoms with Crippen LogP contribution < -0.4 is 0 Å². The second-order valence-electron chi connectivity index (χ2n) is 5.48. The number of benzene rings is 1. The van der Waals surface area contributed by atoms with E-state index in [1.54, 1.807) is 18.2 Å². The predicted octanol–water partition coefficient (Wildman–Crippen LogP) is 3.63. The van der Waals surface area contributed by atoms with Gasteiger partial charge in [-0.2, -0.15) is 13.7 Å². The van der Waals surface area contributed by atoms with Crippen LogP contribution in [0.5, 0.6) is 0 Å². The van der Waals surface area contributed by atoms with Crippen LogP contribution in [0.25, 0.3) is 0 Å². The molecule has 1 aromatic rings. The van der Waals surface area contributed by atoms with E-state index in [0.29, 0.717) is 18.6 Å². The number of hydrogen-bond acceptors (Lipinski definition) is 5. The highest BCUT2D eigenvalue weighted by molar-refractivity contribution is 7.86. The number of nitriles is 1. The maximum absolute atomic E-state index is 12.1. The molecule has 1 aliphatic carbocycles. The van der Waals surface area contributed by atoms with Crippen LogP contribution in [0.1, 0.15) is 44.9 Å². The predicted molar refractivity (Wildman–Crippen MR) is 83.6 cm³/mol. The van der Waals surface area contributed by atoms with E-state index in [0.717, 1.165) is 32.1 Å². The van der Waals surface area contributed by atoms with Gasteiger partial charge >= 0.3 is 10.1 Å². The molecular weight excluding hydrogens is 300 g/mol. The average molecular weight is 320 g/mol. The number of nitrogens with zero attached hydrogens (tertiary/aromatic N) is 2. The smallest absolute Gasteiger partial charge is 0.265 e. The summed E-state index contributed by atoms with van der Waals surface area (Å²) in [6.07, 6.45) is 6.17. The molecule has 5 nitrogen and oxygen atoms in total. The largest absolute Gasteiger partial charge is 0.358 e. The normalized spacial score (nSPS) is 22.1. The van der Waals surface area contributed by atoms with Crippen LogP contribution in [0.15, 0.2) is 40.4 Å². The first-order valence-corrected chi connectivity index (χ1v) is 8.97. The Morgan fingerprint density at radius 3 is 2.59 bits per heavy atom. The van der Waals surface area contributed by atoms with E-state index in [1.165, 1.54) is 12.1 Å². The lowest BCUT2D eigenvalue weighted by Gasteiger charge is -2.09. The quantitative estimate of drug-likeness (QED) is 0.796. The van der Waals surface area contributed by atoms with Gasteiger partial charge < -0.3 is 0 Å². The van der Waals surface area contributed by atoms with E-state index in [2.05, 4.69) is 11.2 Å². The van der Waals surface area contributed by atoms with Crippen molar-refractivity contribution in [2.45, 2.75) is 49.8 Å². The van der Waals surface area contributed by atoms with Gasteiger partial charge in [-0.25, -0.2) is 0 Å². The third-order valence-corrected chi connectivity index (χ3v) is 4.85. The first-order chi connectivity index (χ1) is 10.6. The molecule has 0 radical (unpaired) electrons. The Kier molecular flexibility index (Phi) is 5.96. The zero-order chi connectivity index (χ0) is 15.8. The monoisotopic (exact) mass is 320 g/mol. The molecule has 118 valence electrons. The van der Waals surface area contributed by atoms with Crippen LogP contribution in [0.3, 0.4) is 0 Å². The third-order valence-electron chi connectivity index (χ3n) is 3.73. The van der Waals surface area contributed by atoms with Gasteiger partial charge in [-0.3, -0.25) is 4.28 Å². The molecule has 0 heterocycles. The fourth-order valence-electron chi connectivity index (χ4n) is 2.49. The molecule has 0 saturated heterocycles. The zero-order valence-electron chi connectivity index (χ0n) is 12.4. The highest BCUT2D eigenvalue weighted by atomic mass is 32.2. The van der Waals surface area contributed by atoms with Gasteiger partial charge in [0.2, 0.25) is 0 Å². The van der Waals surface area contributed by atoms with E-state index in [-0.39, 0.29) is 10.8 Å². The summed E-state index contributed by atoms with van der Waals surface area (Å²) in [7, 11) is -3.88. The molecule has 1 saturated carbocycles. The second-order valence-corrected chi connectivity index (χ2v) is 7.01. The first kappa shape index (κ1) is 16.5. The Morgan fingerprint density at radius 1 is 1.14 bits per heavy atom. The molecule has 2 rings (SSSR count). The van der Waals surface area contributed by atoms with Crippen LogP contribution in [-0.4, -0.2) is 14.1 Å². The summed E-state index contributed by atoms with van der Waals surface area (Å²) in [5, 5.41) is 13.0. The van der Waals surface area contributed by atoms with Crippen molar-refractivity contribution in [1.82, 2.24) is 0 Å². The van der Waals surface area contributed by atoms with E-state index in [1.807, 2.05) is 0 Å². The lowest BCUT2D eigenvalue weighted by Crippen LogP contribution is -2.09. The number of rotatable bonds is 3. The van der Waals surface area contributed by atoms with Crippen molar-refractivity contribution >= 4 is 15.8 Å². The molecule has 1 aromatic carbocycles. The molecular formula is C16H20N2O3S. The highest BCUT2D eigenvalue weighted by Crippen LogP contribution is 2.21. The molecule has 0 spiro atoms. The summed E-state index contributed by atoms with van der Waals surface area (Å²) in [5.74, 6) is -0.111. The van der Waals surface area contributed by atoms with Crippen molar-refractivity contribution < 1.29 is 12.7 Å². The van der Waals surface area contributed by atoms with Gasteiger partial charge in [0.25, 0.3) is 0 Å². The van der Waals surface area contributed by atoms with Gasteiger partial charge in [-0.1, -0.05) is 42.6 Å². The van der Waals surface area contributed by atoms with Crippen molar-refractivity contribution in [3.05, 3.63) is 30.3 Å². The fourth-order valence-corrected chi connectivity index (χ4v) is 3.27. The molecule has 0 amide bonds. The number of oxime groups is 1. The molecule has 22 heavy (non-hydrogen) atoms. The van der Waals surface area contributed by atoms with E-state index < -0.39 is 10.1 Å². The molecule has 0 aromatic heterocycles. The molecule has 1 fully saturated rings. The molecule has 1 atom stereocenters. The summed E-state index contributed by atoms with van der Waals surface area (Å²) >= 11 is 0. The second kappa shape index (κ2) is 7.95. The Morgan fingerprint density at radius 2 is 1.86 bits per heavy atom. The maximum atomic E-state index is 12.1. The zero-order valence-corrected chi connectivity index (χ0v) is 13.3. The maximum Gasteiger partial charge on any atom is 0.358 e. The van der Waals surface area contributed by atoms with Crippen molar-refractivity contribution in [1.29, 1.82) is 5.26 Å². The minimum Gasteiger partial charge on any atom is -0.265 e. The van der Waals surface area contributed by atoms with Crippen molar-refractivity contribution in [2.75, 3.05) is 0 Å².